The minimum Gasteiger partial charge on any atom is -0.310 e. The summed E-state index contributed by atoms with van der Waals surface area (Å²) in [5.41, 5.74) is 0.666. The van der Waals surface area contributed by atoms with Crippen LogP contribution in [0.5, 0.6) is 0 Å². The maximum atomic E-state index is 11.7. The van der Waals surface area contributed by atoms with Gasteiger partial charge in [0, 0.05) is 17.4 Å². The van der Waals surface area contributed by atoms with E-state index in [0.717, 1.165) is 4.47 Å². The molecular formula is C11H8BrClN2O. The fourth-order valence-electron chi connectivity index (χ4n) is 1.72. The lowest BCUT2D eigenvalue weighted by Gasteiger charge is -2.17. The number of anilines is 1. The quantitative estimate of drug-likeness (QED) is 0.800. The lowest BCUT2D eigenvalue weighted by atomic mass is 10.1. The van der Waals surface area contributed by atoms with E-state index in [2.05, 4.69) is 22.0 Å². The van der Waals surface area contributed by atoms with E-state index in [9.17, 15) is 4.79 Å². The Morgan fingerprint density at radius 3 is 2.94 bits per heavy atom. The van der Waals surface area contributed by atoms with E-state index in [1.165, 1.54) is 0 Å². The van der Waals surface area contributed by atoms with Crippen molar-refractivity contribution in [1.29, 1.82) is 5.26 Å². The van der Waals surface area contributed by atoms with Crippen LogP contribution in [-0.4, -0.2) is 12.5 Å². The van der Waals surface area contributed by atoms with E-state index in [-0.39, 0.29) is 18.2 Å². The highest BCUT2D eigenvalue weighted by molar-refractivity contribution is 9.10. The van der Waals surface area contributed by atoms with Crippen molar-refractivity contribution in [2.45, 2.75) is 6.42 Å². The second-order valence-corrected chi connectivity index (χ2v) is 4.95. The third-order valence-corrected chi connectivity index (χ3v) is 3.32. The van der Waals surface area contributed by atoms with Crippen LogP contribution in [0.25, 0.3) is 0 Å². The van der Waals surface area contributed by atoms with Crippen molar-refractivity contribution in [3.05, 3.63) is 27.7 Å². The molecule has 1 heterocycles. The summed E-state index contributed by atoms with van der Waals surface area (Å²) in [5.74, 6) is -0.283. The summed E-state index contributed by atoms with van der Waals surface area (Å²) in [6.45, 7) is 0.422. The smallest absolute Gasteiger partial charge is 0.228 e. The van der Waals surface area contributed by atoms with Crippen molar-refractivity contribution >= 4 is 39.1 Å². The van der Waals surface area contributed by atoms with E-state index in [1.807, 2.05) is 6.07 Å². The molecule has 1 atom stereocenters. The van der Waals surface area contributed by atoms with Crippen molar-refractivity contribution in [2.75, 3.05) is 11.4 Å². The number of hydrogen-bond acceptors (Lipinski definition) is 2. The maximum Gasteiger partial charge on any atom is 0.228 e. The molecule has 82 valence electrons. The first-order valence-corrected chi connectivity index (χ1v) is 5.94. The first kappa shape index (κ1) is 11.4. The Morgan fingerprint density at radius 2 is 2.31 bits per heavy atom. The van der Waals surface area contributed by atoms with Crippen LogP contribution in [0.4, 0.5) is 5.69 Å². The molecule has 0 aromatic heterocycles. The van der Waals surface area contributed by atoms with Gasteiger partial charge in [0.1, 0.15) is 0 Å². The van der Waals surface area contributed by atoms with E-state index < -0.39 is 0 Å². The van der Waals surface area contributed by atoms with Gasteiger partial charge in [-0.25, -0.2) is 0 Å². The topological polar surface area (TPSA) is 44.1 Å². The summed E-state index contributed by atoms with van der Waals surface area (Å²) in [5, 5.41) is 9.32. The zero-order chi connectivity index (χ0) is 11.7. The molecule has 5 heteroatoms. The highest BCUT2D eigenvalue weighted by atomic mass is 79.9. The minimum atomic E-state index is -0.234. The zero-order valence-corrected chi connectivity index (χ0v) is 10.6. The number of rotatable bonds is 1. The Bertz CT molecular complexity index is 483. The summed E-state index contributed by atoms with van der Waals surface area (Å²) in [4.78, 5) is 13.3. The van der Waals surface area contributed by atoms with E-state index in [0.29, 0.717) is 17.3 Å². The van der Waals surface area contributed by atoms with Crippen LogP contribution in [0.2, 0.25) is 5.02 Å². The number of carbonyl (C=O) groups excluding carboxylic acids is 1. The third kappa shape index (κ3) is 2.06. The number of nitrogens with zero attached hydrogens (tertiary/aromatic N) is 2. The number of amides is 1. The zero-order valence-electron chi connectivity index (χ0n) is 8.28. The molecule has 1 saturated heterocycles. The van der Waals surface area contributed by atoms with Gasteiger partial charge in [0.25, 0.3) is 0 Å². The normalized spacial score (nSPS) is 19.9. The number of hydrogen-bond donors (Lipinski definition) is 0. The molecule has 16 heavy (non-hydrogen) atoms. The van der Waals surface area contributed by atoms with Gasteiger partial charge in [-0.15, -0.1) is 0 Å². The van der Waals surface area contributed by atoms with Gasteiger partial charge in [-0.1, -0.05) is 27.5 Å². The Labute approximate surface area is 107 Å². The van der Waals surface area contributed by atoms with Gasteiger partial charge in [0.15, 0.2) is 0 Å². The number of benzene rings is 1. The largest absolute Gasteiger partial charge is 0.310 e. The molecule has 0 N–H and O–H groups in total. The standard InChI is InChI=1S/C11H8BrClN2O/c12-8-1-2-9(13)10(4-8)15-6-7(5-14)3-11(15)16/h1-2,4,7H,3,6H2. The lowest BCUT2D eigenvalue weighted by Crippen LogP contribution is -2.24. The number of halogens is 2. The van der Waals surface area contributed by atoms with Gasteiger partial charge < -0.3 is 4.90 Å². The van der Waals surface area contributed by atoms with Gasteiger partial charge in [-0.3, -0.25) is 4.79 Å². The van der Waals surface area contributed by atoms with Gasteiger partial charge in [0.05, 0.1) is 22.7 Å². The summed E-state index contributed by atoms with van der Waals surface area (Å²) >= 11 is 9.37. The molecule has 1 unspecified atom stereocenters. The monoisotopic (exact) mass is 298 g/mol. The minimum absolute atomic E-state index is 0.0495. The summed E-state index contributed by atoms with van der Waals surface area (Å²) in [6.07, 6.45) is 0.277. The predicted octanol–water partition coefficient (Wildman–Crippen LogP) is 2.98. The first-order chi connectivity index (χ1) is 7.61. The number of carbonyl (C=O) groups is 1. The van der Waals surface area contributed by atoms with Crippen molar-refractivity contribution in [3.8, 4) is 6.07 Å². The Kier molecular flexibility index (Phi) is 3.17. The molecule has 3 nitrogen and oxygen atoms in total. The van der Waals surface area contributed by atoms with Gasteiger partial charge in [-0.2, -0.15) is 5.26 Å². The molecule has 0 spiro atoms. The Morgan fingerprint density at radius 1 is 1.56 bits per heavy atom. The molecule has 1 fully saturated rings. The van der Waals surface area contributed by atoms with Gasteiger partial charge in [-0.05, 0) is 18.2 Å². The van der Waals surface area contributed by atoms with Crippen molar-refractivity contribution < 1.29 is 4.79 Å². The van der Waals surface area contributed by atoms with E-state index in [4.69, 9.17) is 16.9 Å². The van der Waals surface area contributed by atoms with Crippen LogP contribution in [0, 0.1) is 17.2 Å². The highest BCUT2D eigenvalue weighted by Crippen LogP contribution is 2.33. The highest BCUT2D eigenvalue weighted by Gasteiger charge is 2.31. The van der Waals surface area contributed by atoms with Crippen molar-refractivity contribution in [2.24, 2.45) is 5.92 Å². The van der Waals surface area contributed by atoms with Crippen molar-refractivity contribution in [3.63, 3.8) is 0 Å². The molecule has 1 aromatic carbocycles. The van der Waals surface area contributed by atoms with Gasteiger partial charge in [0.2, 0.25) is 5.91 Å². The molecule has 0 aliphatic carbocycles. The second-order valence-electron chi connectivity index (χ2n) is 3.63. The predicted molar refractivity (Wildman–Crippen MR) is 65.2 cm³/mol. The Hall–Kier alpha value is -1.05. The molecule has 0 radical (unpaired) electrons. The second kappa shape index (κ2) is 4.44. The fraction of sp³-hybridized carbons (Fsp3) is 0.273. The molecular weight excluding hydrogens is 291 g/mol. The molecule has 0 bridgehead atoms. The van der Waals surface area contributed by atoms with Crippen LogP contribution in [-0.2, 0) is 4.79 Å². The van der Waals surface area contributed by atoms with Crippen LogP contribution in [0.1, 0.15) is 6.42 Å². The molecule has 1 aliphatic heterocycles. The summed E-state index contributed by atoms with van der Waals surface area (Å²) in [7, 11) is 0. The fourth-order valence-corrected chi connectivity index (χ4v) is 2.29. The van der Waals surface area contributed by atoms with Crippen LogP contribution < -0.4 is 4.90 Å². The summed E-state index contributed by atoms with van der Waals surface area (Å²) in [6, 6.07) is 7.45. The van der Waals surface area contributed by atoms with Gasteiger partial charge >= 0.3 is 0 Å². The van der Waals surface area contributed by atoms with Crippen LogP contribution >= 0.6 is 27.5 Å². The average Bonchev–Trinajstić information content (AvgIpc) is 2.63. The average molecular weight is 300 g/mol. The van der Waals surface area contributed by atoms with Crippen LogP contribution in [0.3, 0.4) is 0 Å². The maximum absolute atomic E-state index is 11.7. The lowest BCUT2D eigenvalue weighted by molar-refractivity contribution is -0.117. The van der Waals surface area contributed by atoms with E-state index >= 15 is 0 Å². The molecule has 1 aliphatic rings. The third-order valence-electron chi connectivity index (χ3n) is 2.51. The molecule has 1 aromatic rings. The number of nitriles is 1. The molecule has 1 amide bonds. The Balaban J connectivity index is 2.35. The summed E-state index contributed by atoms with van der Waals surface area (Å²) < 4.78 is 0.861. The van der Waals surface area contributed by atoms with Crippen molar-refractivity contribution in [1.82, 2.24) is 0 Å². The SMILES string of the molecule is N#CC1CC(=O)N(c2cc(Br)ccc2Cl)C1. The molecule has 0 saturated carbocycles. The first-order valence-electron chi connectivity index (χ1n) is 4.77. The van der Waals surface area contributed by atoms with E-state index in [1.54, 1.807) is 17.0 Å². The molecule has 2 rings (SSSR count). The van der Waals surface area contributed by atoms with Crippen LogP contribution in [0.15, 0.2) is 22.7 Å².